The number of nitrogens with two attached hydrogens (primary N) is 1. The van der Waals surface area contributed by atoms with Crippen molar-refractivity contribution in [2.24, 2.45) is 0 Å². The van der Waals surface area contributed by atoms with Crippen molar-refractivity contribution in [1.82, 2.24) is 0 Å². The molecule has 1 nitrogen and oxygen atoms in total. The summed E-state index contributed by atoms with van der Waals surface area (Å²) in [4.78, 5) is 0. The predicted octanol–water partition coefficient (Wildman–Crippen LogP) is 2.60. The summed E-state index contributed by atoms with van der Waals surface area (Å²) < 4.78 is 58.3. The number of alkyl halides is 3. The smallest absolute Gasteiger partial charge is 0.399 e. The van der Waals surface area contributed by atoms with E-state index in [4.69, 9.17) is 9.85 Å². The van der Waals surface area contributed by atoms with Gasteiger partial charge >= 0.3 is 6.18 Å². The molecular weight excluding hydrogens is 167 g/mol. The van der Waals surface area contributed by atoms with Crippen molar-refractivity contribution < 1.29 is 17.3 Å². The molecule has 1 aromatic rings. The minimum absolute atomic E-state index is 0.371. The molecular formula is C8H8F3N. The Morgan fingerprint density at radius 1 is 1.42 bits per heavy atom. The maximum atomic E-state index is 12.5. The molecule has 0 spiro atoms. The standard InChI is InChI=1S/C8H8F3N/c1-5-6(8(9,10)11)3-2-4-7(5)12/h2-4H,12H2,1H3/i1D3. The molecule has 0 bridgehead atoms. The number of hydrogen-bond acceptors (Lipinski definition) is 1. The van der Waals surface area contributed by atoms with Gasteiger partial charge in [-0.05, 0) is 24.5 Å². The Balaban J connectivity index is 3.48. The Morgan fingerprint density at radius 3 is 2.50 bits per heavy atom. The maximum Gasteiger partial charge on any atom is 0.416 e. The van der Waals surface area contributed by atoms with Gasteiger partial charge in [0.15, 0.2) is 0 Å². The van der Waals surface area contributed by atoms with E-state index in [0.717, 1.165) is 12.1 Å². The highest BCUT2D eigenvalue weighted by Crippen LogP contribution is 2.33. The molecule has 0 amide bonds. The molecule has 1 rings (SSSR count). The summed E-state index contributed by atoms with van der Waals surface area (Å²) in [5, 5.41) is 0. The van der Waals surface area contributed by atoms with E-state index in [2.05, 4.69) is 0 Å². The largest absolute Gasteiger partial charge is 0.416 e. The van der Waals surface area contributed by atoms with Gasteiger partial charge in [-0.2, -0.15) is 13.2 Å². The minimum Gasteiger partial charge on any atom is -0.399 e. The summed E-state index contributed by atoms with van der Waals surface area (Å²) in [5.74, 6) is 0. The first-order chi connectivity index (χ1) is 6.64. The van der Waals surface area contributed by atoms with Crippen molar-refractivity contribution in [2.75, 3.05) is 5.73 Å². The molecule has 66 valence electrons. The van der Waals surface area contributed by atoms with Crippen molar-refractivity contribution in [1.29, 1.82) is 0 Å². The van der Waals surface area contributed by atoms with Gasteiger partial charge in [-0.25, -0.2) is 0 Å². The summed E-state index contributed by atoms with van der Waals surface area (Å²) in [7, 11) is 0. The van der Waals surface area contributed by atoms with Crippen LogP contribution in [0.25, 0.3) is 0 Å². The molecule has 0 saturated carbocycles. The van der Waals surface area contributed by atoms with Crippen molar-refractivity contribution in [3.05, 3.63) is 29.3 Å². The van der Waals surface area contributed by atoms with E-state index < -0.39 is 24.2 Å². The zero-order chi connectivity index (χ0) is 11.9. The molecule has 0 fully saturated rings. The lowest BCUT2D eigenvalue weighted by Crippen LogP contribution is -2.08. The molecule has 0 aliphatic heterocycles. The summed E-state index contributed by atoms with van der Waals surface area (Å²) in [6.07, 6.45) is -4.71. The monoisotopic (exact) mass is 178 g/mol. The zero-order valence-corrected chi connectivity index (χ0v) is 5.94. The van der Waals surface area contributed by atoms with Gasteiger partial charge in [-0.3, -0.25) is 0 Å². The normalized spacial score (nSPS) is 16.4. The van der Waals surface area contributed by atoms with Crippen LogP contribution in [0.5, 0.6) is 0 Å². The van der Waals surface area contributed by atoms with Crippen LogP contribution in [-0.4, -0.2) is 0 Å². The average Bonchev–Trinajstić information content (AvgIpc) is 1.99. The molecule has 0 aliphatic rings. The molecule has 0 aliphatic carbocycles. The van der Waals surface area contributed by atoms with Gasteiger partial charge in [0.2, 0.25) is 0 Å². The van der Waals surface area contributed by atoms with Crippen LogP contribution in [0, 0.1) is 6.85 Å². The second-order valence-corrected chi connectivity index (χ2v) is 2.27. The van der Waals surface area contributed by atoms with Crippen molar-refractivity contribution in [2.45, 2.75) is 13.0 Å². The quantitative estimate of drug-likeness (QED) is 0.607. The Morgan fingerprint density at radius 2 is 2.08 bits per heavy atom. The van der Waals surface area contributed by atoms with E-state index in [1.807, 2.05) is 0 Å². The first-order valence-electron chi connectivity index (χ1n) is 4.60. The third-order valence-corrected chi connectivity index (χ3v) is 1.40. The van der Waals surface area contributed by atoms with Crippen LogP contribution in [0.15, 0.2) is 18.2 Å². The molecule has 1 aromatic carbocycles. The van der Waals surface area contributed by atoms with Gasteiger partial charge < -0.3 is 5.73 Å². The van der Waals surface area contributed by atoms with Crippen LogP contribution < -0.4 is 5.73 Å². The first kappa shape index (κ1) is 5.45. The maximum absolute atomic E-state index is 12.5. The topological polar surface area (TPSA) is 26.0 Å². The molecule has 12 heavy (non-hydrogen) atoms. The highest BCUT2D eigenvalue weighted by atomic mass is 19.4. The third-order valence-electron chi connectivity index (χ3n) is 1.40. The van der Waals surface area contributed by atoms with Crippen LogP contribution in [0.3, 0.4) is 0 Å². The average molecular weight is 178 g/mol. The highest BCUT2D eigenvalue weighted by Gasteiger charge is 2.32. The molecule has 0 heterocycles. The fraction of sp³-hybridized carbons (Fsp3) is 0.250. The number of nitrogen functional groups attached to an aromatic ring is 1. The van der Waals surface area contributed by atoms with Crippen molar-refractivity contribution in [3.8, 4) is 0 Å². The van der Waals surface area contributed by atoms with E-state index in [0.29, 0.717) is 6.07 Å². The SMILES string of the molecule is [2H]C([2H])([2H])c1c(N)cccc1C(F)(F)F. The third kappa shape index (κ3) is 1.52. The van der Waals surface area contributed by atoms with Gasteiger partial charge in [-0.15, -0.1) is 0 Å². The number of halogens is 3. The lowest BCUT2D eigenvalue weighted by atomic mass is 10.1. The first-order valence-corrected chi connectivity index (χ1v) is 3.10. The van der Waals surface area contributed by atoms with Crippen LogP contribution >= 0.6 is 0 Å². The van der Waals surface area contributed by atoms with E-state index in [9.17, 15) is 13.2 Å². The summed E-state index contributed by atoms with van der Waals surface area (Å²) in [5.41, 5.74) is 2.83. The van der Waals surface area contributed by atoms with E-state index in [1.165, 1.54) is 0 Å². The second kappa shape index (κ2) is 2.69. The van der Waals surface area contributed by atoms with E-state index in [1.54, 1.807) is 0 Å². The van der Waals surface area contributed by atoms with E-state index >= 15 is 0 Å². The van der Waals surface area contributed by atoms with Gasteiger partial charge in [0.1, 0.15) is 0 Å². The fourth-order valence-electron chi connectivity index (χ4n) is 0.806. The lowest BCUT2D eigenvalue weighted by Gasteiger charge is -2.10. The second-order valence-electron chi connectivity index (χ2n) is 2.27. The van der Waals surface area contributed by atoms with Gasteiger partial charge in [0, 0.05) is 9.80 Å². The minimum atomic E-state index is -4.71. The van der Waals surface area contributed by atoms with Gasteiger partial charge in [0.05, 0.1) is 5.56 Å². The molecule has 2 N–H and O–H groups in total. The van der Waals surface area contributed by atoms with Crippen LogP contribution in [0.1, 0.15) is 15.2 Å². The Bertz CT molecular complexity index is 370. The zero-order valence-electron chi connectivity index (χ0n) is 8.94. The number of hydrogen-bond donors (Lipinski definition) is 1. The molecule has 0 radical (unpaired) electrons. The van der Waals surface area contributed by atoms with E-state index in [-0.39, 0.29) is 5.69 Å². The number of rotatable bonds is 0. The fourth-order valence-corrected chi connectivity index (χ4v) is 0.806. The molecule has 0 atom stereocenters. The Labute approximate surface area is 72.2 Å². The van der Waals surface area contributed by atoms with Crippen LogP contribution in [-0.2, 0) is 6.18 Å². The van der Waals surface area contributed by atoms with Gasteiger partial charge in [-0.1, -0.05) is 6.07 Å². The van der Waals surface area contributed by atoms with Crippen molar-refractivity contribution in [3.63, 3.8) is 0 Å². The number of anilines is 1. The van der Waals surface area contributed by atoms with Crippen LogP contribution in [0.4, 0.5) is 18.9 Å². The lowest BCUT2D eigenvalue weighted by molar-refractivity contribution is -0.138. The number of benzene rings is 1. The Hall–Kier alpha value is -1.19. The van der Waals surface area contributed by atoms with Crippen molar-refractivity contribution >= 4 is 5.69 Å². The highest BCUT2D eigenvalue weighted by molar-refractivity contribution is 5.50. The summed E-state index contributed by atoms with van der Waals surface area (Å²) in [6.45, 7) is -2.86. The summed E-state index contributed by atoms with van der Waals surface area (Å²) >= 11 is 0. The Kier molecular flexibility index (Phi) is 1.22. The van der Waals surface area contributed by atoms with Gasteiger partial charge in [0.25, 0.3) is 0 Å². The molecule has 4 heteroatoms. The molecule has 0 aromatic heterocycles. The molecule has 0 saturated heterocycles. The predicted molar refractivity (Wildman–Crippen MR) is 40.6 cm³/mol. The molecule has 0 unspecified atom stereocenters. The summed E-state index contributed by atoms with van der Waals surface area (Å²) in [6, 6.07) is 2.92. The van der Waals surface area contributed by atoms with Crippen LogP contribution in [0.2, 0.25) is 0 Å².